The molecule has 0 saturated carbocycles. The lowest BCUT2D eigenvalue weighted by atomic mass is 10.1. The summed E-state index contributed by atoms with van der Waals surface area (Å²) in [4.78, 5) is 1.17. The lowest BCUT2D eigenvalue weighted by Gasteiger charge is -2.01. The van der Waals surface area contributed by atoms with Crippen molar-refractivity contribution in [1.29, 1.82) is 0 Å². The van der Waals surface area contributed by atoms with E-state index in [1.54, 1.807) is 17.4 Å². The van der Waals surface area contributed by atoms with E-state index < -0.39 is 5.82 Å². The second-order valence-electron chi connectivity index (χ2n) is 3.11. The summed E-state index contributed by atoms with van der Waals surface area (Å²) in [6.07, 6.45) is 0. The molecular weight excluding hydrogens is 199 g/mol. The Kier molecular flexibility index (Phi) is 2.25. The van der Waals surface area contributed by atoms with Crippen LogP contribution in [0.25, 0.3) is 11.1 Å². The van der Waals surface area contributed by atoms with Crippen molar-refractivity contribution in [2.45, 2.75) is 6.92 Å². The number of benzene rings is 1. The Morgan fingerprint density at radius 3 is 2.64 bits per heavy atom. The maximum Gasteiger partial charge on any atom is 0.126 e. The van der Waals surface area contributed by atoms with Crippen LogP contribution in [-0.2, 0) is 0 Å². The van der Waals surface area contributed by atoms with Gasteiger partial charge in [0.15, 0.2) is 0 Å². The first-order chi connectivity index (χ1) is 6.66. The number of halogens is 1. The molecule has 0 aliphatic heterocycles. The highest BCUT2D eigenvalue weighted by molar-refractivity contribution is 7.10. The summed E-state index contributed by atoms with van der Waals surface area (Å²) < 4.78 is 12.7. The summed E-state index contributed by atoms with van der Waals surface area (Å²) in [5.41, 5.74) is 1.61. The van der Waals surface area contributed by atoms with E-state index in [2.05, 4.69) is 0 Å². The Hall–Kier alpha value is -1.35. The highest BCUT2D eigenvalue weighted by Crippen LogP contribution is 2.32. The highest BCUT2D eigenvalue weighted by atomic mass is 32.1. The summed E-state index contributed by atoms with van der Waals surface area (Å²) in [5.74, 6) is -0.430. The van der Waals surface area contributed by atoms with Gasteiger partial charge in [0.2, 0.25) is 0 Å². The number of phenolic OH excluding ortho intramolecular Hbond substituents is 1. The third-order valence-electron chi connectivity index (χ3n) is 2.00. The van der Waals surface area contributed by atoms with Crippen molar-refractivity contribution in [1.82, 2.24) is 0 Å². The van der Waals surface area contributed by atoms with Gasteiger partial charge in [0.25, 0.3) is 0 Å². The molecule has 0 bridgehead atoms. The molecule has 1 heterocycles. The Bertz CT molecular complexity index is 462. The Labute approximate surface area is 85.5 Å². The van der Waals surface area contributed by atoms with Gasteiger partial charge in [0.1, 0.15) is 11.6 Å². The predicted octanol–water partition coefficient (Wildman–Crippen LogP) is 3.57. The van der Waals surface area contributed by atoms with Crippen molar-refractivity contribution in [2.75, 3.05) is 0 Å². The third-order valence-corrected chi connectivity index (χ3v) is 2.86. The number of rotatable bonds is 1. The monoisotopic (exact) mass is 208 g/mol. The molecule has 1 N–H and O–H groups in total. The Morgan fingerprint density at radius 2 is 2.07 bits per heavy atom. The van der Waals surface area contributed by atoms with E-state index in [4.69, 9.17) is 0 Å². The van der Waals surface area contributed by atoms with Gasteiger partial charge in [-0.15, -0.1) is 11.3 Å². The topological polar surface area (TPSA) is 20.2 Å². The van der Waals surface area contributed by atoms with E-state index in [0.29, 0.717) is 5.56 Å². The van der Waals surface area contributed by atoms with Crippen molar-refractivity contribution < 1.29 is 9.50 Å². The van der Waals surface area contributed by atoms with E-state index in [0.717, 1.165) is 11.6 Å². The van der Waals surface area contributed by atoms with Gasteiger partial charge < -0.3 is 5.11 Å². The first-order valence-electron chi connectivity index (χ1n) is 4.21. The molecule has 0 aliphatic carbocycles. The number of hydrogen-bond acceptors (Lipinski definition) is 2. The van der Waals surface area contributed by atoms with E-state index in [1.165, 1.54) is 10.9 Å². The molecule has 14 heavy (non-hydrogen) atoms. The van der Waals surface area contributed by atoms with Gasteiger partial charge in [-0.25, -0.2) is 4.39 Å². The Balaban J connectivity index is 2.52. The average molecular weight is 208 g/mol. The third kappa shape index (κ3) is 1.63. The summed E-state index contributed by atoms with van der Waals surface area (Å²) in [6.45, 7) is 1.99. The quantitative estimate of drug-likeness (QED) is 0.759. The van der Waals surface area contributed by atoms with Crippen LogP contribution in [0.5, 0.6) is 5.75 Å². The number of thiophene rings is 1. The average Bonchev–Trinajstić information content (AvgIpc) is 2.51. The number of phenols is 1. The lowest BCUT2D eigenvalue weighted by Crippen LogP contribution is -1.78. The van der Waals surface area contributed by atoms with E-state index in [1.807, 2.05) is 18.4 Å². The highest BCUT2D eigenvalue weighted by Gasteiger charge is 2.06. The van der Waals surface area contributed by atoms with Gasteiger partial charge in [0, 0.05) is 16.5 Å². The zero-order valence-corrected chi connectivity index (χ0v) is 8.44. The molecule has 0 unspecified atom stereocenters. The van der Waals surface area contributed by atoms with Crippen molar-refractivity contribution in [2.24, 2.45) is 0 Å². The normalized spacial score (nSPS) is 10.4. The SMILES string of the molecule is Cc1cc(-c2ccc(F)cc2O)cs1. The van der Waals surface area contributed by atoms with Crippen molar-refractivity contribution >= 4 is 11.3 Å². The molecule has 3 heteroatoms. The molecular formula is C11H9FOS. The molecule has 1 nitrogen and oxygen atoms in total. The van der Waals surface area contributed by atoms with Crippen LogP contribution in [-0.4, -0.2) is 5.11 Å². The smallest absolute Gasteiger partial charge is 0.126 e. The largest absolute Gasteiger partial charge is 0.507 e. The van der Waals surface area contributed by atoms with Gasteiger partial charge >= 0.3 is 0 Å². The molecule has 2 aromatic rings. The standard InChI is InChI=1S/C11H9FOS/c1-7-4-8(6-14-7)10-3-2-9(12)5-11(10)13/h2-6,13H,1H3. The molecule has 72 valence electrons. The fourth-order valence-electron chi connectivity index (χ4n) is 1.33. The second kappa shape index (κ2) is 3.42. The van der Waals surface area contributed by atoms with Crippen molar-refractivity contribution in [3.63, 3.8) is 0 Å². The Morgan fingerprint density at radius 1 is 1.29 bits per heavy atom. The van der Waals surface area contributed by atoms with E-state index >= 15 is 0 Å². The predicted molar refractivity (Wildman–Crippen MR) is 56.1 cm³/mol. The van der Waals surface area contributed by atoms with Gasteiger partial charge in [-0.1, -0.05) is 0 Å². The first-order valence-corrected chi connectivity index (χ1v) is 5.09. The van der Waals surface area contributed by atoms with E-state index in [-0.39, 0.29) is 5.75 Å². The fraction of sp³-hybridized carbons (Fsp3) is 0.0909. The van der Waals surface area contributed by atoms with Crippen LogP contribution in [0.3, 0.4) is 0 Å². The van der Waals surface area contributed by atoms with E-state index in [9.17, 15) is 9.50 Å². The molecule has 1 aromatic heterocycles. The number of aryl methyl sites for hydroxylation is 1. The molecule has 0 amide bonds. The van der Waals surface area contributed by atoms with Crippen LogP contribution in [0.15, 0.2) is 29.6 Å². The minimum atomic E-state index is -0.418. The molecule has 1 aromatic carbocycles. The van der Waals surface area contributed by atoms with Crippen LogP contribution in [0.4, 0.5) is 4.39 Å². The minimum Gasteiger partial charge on any atom is -0.507 e. The van der Waals surface area contributed by atoms with Crippen LogP contribution < -0.4 is 0 Å². The van der Waals surface area contributed by atoms with Crippen LogP contribution >= 0.6 is 11.3 Å². The summed E-state index contributed by atoms with van der Waals surface area (Å²) in [7, 11) is 0. The molecule has 0 spiro atoms. The van der Waals surface area contributed by atoms with Gasteiger partial charge in [-0.3, -0.25) is 0 Å². The number of hydrogen-bond donors (Lipinski definition) is 1. The molecule has 0 saturated heterocycles. The molecule has 0 atom stereocenters. The maximum atomic E-state index is 12.7. The molecule has 0 fully saturated rings. The van der Waals surface area contributed by atoms with Crippen LogP contribution in [0.1, 0.15) is 4.88 Å². The molecule has 0 aliphatic rings. The van der Waals surface area contributed by atoms with Gasteiger partial charge in [-0.05, 0) is 36.1 Å². The van der Waals surface area contributed by atoms with Crippen LogP contribution in [0, 0.1) is 12.7 Å². The zero-order valence-electron chi connectivity index (χ0n) is 7.62. The fourth-order valence-corrected chi connectivity index (χ4v) is 2.04. The zero-order chi connectivity index (χ0) is 10.1. The second-order valence-corrected chi connectivity index (χ2v) is 4.22. The van der Waals surface area contributed by atoms with Gasteiger partial charge in [0.05, 0.1) is 0 Å². The molecule has 0 radical (unpaired) electrons. The van der Waals surface area contributed by atoms with Crippen LogP contribution in [0.2, 0.25) is 0 Å². The summed E-state index contributed by atoms with van der Waals surface area (Å²) in [6, 6.07) is 6.04. The van der Waals surface area contributed by atoms with Crippen molar-refractivity contribution in [3.05, 3.63) is 40.3 Å². The molecule has 2 rings (SSSR count). The van der Waals surface area contributed by atoms with Gasteiger partial charge in [-0.2, -0.15) is 0 Å². The maximum absolute atomic E-state index is 12.7. The van der Waals surface area contributed by atoms with Crippen molar-refractivity contribution in [3.8, 4) is 16.9 Å². The minimum absolute atomic E-state index is 0.0113. The summed E-state index contributed by atoms with van der Waals surface area (Å²) in [5, 5.41) is 11.5. The lowest BCUT2D eigenvalue weighted by molar-refractivity contribution is 0.471. The number of aromatic hydroxyl groups is 1. The first kappa shape index (κ1) is 9.21. The summed E-state index contributed by atoms with van der Waals surface area (Å²) >= 11 is 1.61.